The van der Waals surface area contributed by atoms with Crippen molar-refractivity contribution >= 4 is 5.97 Å². The number of ether oxygens (including phenoxy) is 1. The van der Waals surface area contributed by atoms with Gasteiger partial charge in [0, 0.05) is 6.42 Å². The van der Waals surface area contributed by atoms with Crippen molar-refractivity contribution in [1.82, 2.24) is 0 Å². The van der Waals surface area contributed by atoms with Crippen LogP contribution in [0.3, 0.4) is 0 Å². The first-order valence-electron chi connectivity index (χ1n) is 7.71. The summed E-state index contributed by atoms with van der Waals surface area (Å²) in [6.45, 7) is 6.92. The van der Waals surface area contributed by atoms with Crippen molar-refractivity contribution in [3.63, 3.8) is 0 Å². The zero-order chi connectivity index (χ0) is 13.8. The molecule has 0 bridgehead atoms. The lowest BCUT2D eigenvalue weighted by atomic mass is 9.50. The molecule has 0 unspecified atom stereocenters. The van der Waals surface area contributed by atoms with Crippen LogP contribution >= 0.6 is 0 Å². The van der Waals surface area contributed by atoms with Gasteiger partial charge in [0.05, 0.1) is 11.7 Å². The third kappa shape index (κ3) is 2.31. The van der Waals surface area contributed by atoms with Gasteiger partial charge in [-0.2, -0.15) is 0 Å². The van der Waals surface area contributed by atoms with Crippen LogP contribution in [0.15, 0.2) is 0 Å². The summed E-state index contributed by atoms with van der Waals surface area (Å²) in [5, 5.41) is 9.15. The number of epoxide rings is 1. The monoisotopic (exact) mass is 266 g/mol. The van der Waals surface area contributed by atoms with Gasteiger partial charge in [-0.3, -0.25) is 4.79 Å². The van der Waals surface area contributed by atoms with Gasteiger partial charge in [-0.05, 0) is 62.2 Å². The summed E-state index contributed by atoms with van der Waals surface area (Å²) in [5.74, 6) is 1.05. The number of hydrogen-bond acceptors (Lipinski definition) is 2. The second-order valence-electron chi connectivity index (χ2n) is 7.86. The minimum absolute atomic E-state index is 0.105. The molecule has 5 atom stereocenters. The lowest BCUT2D eigenvalue weighted by molar-refractivity contribution is -0.141. The van der Waals surface area contributed by atoms with Crippen LogP contribution < -0.4 is 0 Å². The van der Waals surface area contributed by atoms with Gasteiger partial charge in [0.2, 0.25) is 0 Å². The zero-order valence-electron chi connectivity index (χ0n) is 12.3. The number of hydrogen-bond donors (Lipinski definition) is 1. The summed E-state index contributed by atoms with van der Waals surface area (Å²) in [7, 11) is 0. The Kier molecular flexibility index (Phi) is 2.97. The van der Waals surface area contributed by atoms with Crippen LogP contribution in [0, 0.1) is 23.2 Å². The third-order valence-electron chi connectivity index (χ3n) is 6.11. The average Bonchev–Trinajstić information content (AvgIpc) is 2.91. The molecule has 1 aliphatic heterocycles. The lowest BCUT2D eigenvalue weighted by Crippen LogP contribution is -2.47. The minimum atomic E-state index is -0.632. The Labute approximate surface area is 115 Å². The molecule has 2 aliphatic carbocycles. The Morgan fingerprint density at radius 2 is 2.00 bits per heavy atom. The number of rotatable bonds is 2. The van der Waals surface area contributed by atoms with Crippen molar-refractivity contribution < 1.29 is 14.6 Å². The van der Waals surface area contributed by atoms with Gasteiger partial charge in [-0.1, -0.05) is 13.8 Å². The summed E-state index contributed by atoms with van der Waals surface area (Å²) in [4.78, 5) is 11.1. The standard InChI is InChI=1S/C16H26O3/c1-15(2)9-11-10(8-14(17)18)4-5-13-16(3,19-13)7-6-12(11)15/h10-13H,4-9H2,1-3H3,(H,17,18)/t10-,11+,12+,13-,16+/m0/s1. The topological polar surface area (TPSA) is 49.8 Å². The fourth-order valence-corrected chi connectivity index (χ4v) is 4.79. The molecule has 2 saturated carbocycles. The Hall–Kier alpha value is -0.570. The van der Waals surface area contributed by atoms with E-state index in [1.807, 2.05) is 0 Å². The van der Waals surface area contributed by atoms with Crippen LogP contribution in [0.4, 0.5) is 0 Å². The van der Waals surface area contributed by atoms with E-state index in [0.717, 1.165) is 19.3 Å². The molecular formula is C16H26O3. The van der Waals surface area contributed by atoms with Crippen LogP contribution in [0.1, 0.15) is 59.3 Å². The predicted molar refractivity (Wildman–Crippen MR) is 72.9 cm³/mol. The molecule has 0 aromatic carbocycles. The van der Waals surface area contributed by atoms with Crippen molar-refractivity contribution in [2.75, 3.05) is 0 Å². The zero-order valence-corrected chi connectivity index (χ0v) is 12.3. The molecule has 108 valence electrons. The molecular weight excluding hydrogens is 240 g/mol. The van der Waals surface area contributed by atoms with Gasteiger partial charge < -0.3 is 9.84 Å². The normalized spacial score (nSPS) is 47.7. The first kappa shape index (κ1) is 13.4. The van der Waals surface area contributed by atoms with E-state index in [9.17, 15) is 4.79 Å². The summed E-state index contributed by atoms with van der Waals surface area (Å²) >= 11 is 0. The maximum atomic E-state index is 11.1. The van der Waals surface area contributed by atoms with Crippen LogP contribution in [-0.2, 0) is 9.53 Å². The van der Waals surface area contributed by atoms with E-state index >= 15 is 0 Å². The summed E-state index contributed by atoms with van der Waals surface area (Å²) < 4.78 is 5.86. The molecule has 3 heteroatoms. The summed E-state index contributed by atoms with van der Waals surface area (Å²) in [6.07, 6.45) is 6.40. The Morgan fingerprint density at radius 3 is 2.63 bits per heavy atom. The number of carbonyl (C=O) groups is 1. The van der Waals surface area contributed by atoms with Crippen molar-refractivity contribution in [3.05, 3.63) is 0 Å². The molecule has 0 amide bonds. The number of carboxylic acids is 1. The first-order valence-corrected chi connectivity index (χ1v) is 7.71. The molecule has 3 rings (SSSR count). The molecule has 1 saturated heterocycles. The second-order valence-corrected chi connectivity index (χ2v) is 7.86. The van der Waals surface area contributed by atoms with Crippen molar-refractivity contribution in [2.24, 2.45) is 23.2 Å². The smallest absolute Gasteiger partial charge is 0.303 e. The van der Waals surface area contributed by atoms with Crippen molar-refractivity contribution in [1.29, 1.82) is 0 Å². The fraction of sp³-hybridized carbons (Fsp3) is 0.938. The molecule has 1 N–H and O–H groups in total. The number of fused-ring (bicyclic) bond motifs is 2. The molecule has 0 spiro atoms. The van der Waals surface area contributed by atoms with E-state index in [1.54, 1.807) is 0 Å². The number of aliphatic carboxylic acids is 1. The second kappa shape index (κ2) is 4.21. The summed E-state index contributed by atoms with van der Waals surface area (Å²) in [6, 6.07) is 0. The van der Waals surface area contributed by atoms with E-state index in [0.29, 0.717) is 35.7 Å². The fourth-order valence-electron chi connectivity index (χ4n) is 4.79. The first-order chi connectivity index (χ1) is 8.82. The van der Waals surface area contributed by atoms with Crippen molar-refractivity contribution in [3.8, 4) is 0 Å². The van der Waals surface area contributed by atoms with Gasteiger partial charge in [0.25, 0.3) is 0 Å². The van der Waals surface area contributed by atoms with Gasteiger partial charge in [0.1, 0.15) is 0 Å². The Balaban J connectivity index is 1.76. The van der Waals surface area contributed by atoms with Gasteiger partial charge in [-0.15, -0.1) is 0 Å². The number of carboxylic acid groups (broad SMARTS) is 1. The molecule has 3 aliphatic rings. The maximum Gasteiger partial charge on any atom is 0.303 e. The lowest BCUT2D eigenvalue weighted by Gasteiger charge is -2.55. The van der Waals surface area contributed by atoms with Crippen LogP contribution in [0.25, 0.3) is 0 Å². The van der Waals surface area contributed by atoms with Crippen LogP contribution in [-0.4, -0.2) is 22.8 Å². The Bertz CT molecular complexity index is 389. The molecule has 0 radical (unpaired) electrons. The Morgan fingerprint density at radius 1 is 1.26 bits per heavy atom. The molecule has 0 aromatic rings. The average molecular weight is 266 g/mol. The van der Waals surface area contributed by atoms with Crippen molar-refractivity contribution in [2.45, 2.75) is 71.0 Å². The molecule has 19 heavy (non-hydrogen) atoms. The van der Waals surface area contributed by atoms with Gasteiger partial charge in [0.15, 0.2) is 0 Å². The quantitative estimate of drug-likeness (QED) is 0.779. The molecule has 3 nitrogen and oxygen atoms in total. The summed E-state index contributed by atoms with van der Waals surface area (Å²) in [5.41, 5.74) is 0.501. The van der Waals surface area contributed by atoms with Crippen LogP contribution in [0.2, 0.25) is 0 Å². The van der Waals surface area contributed by atoms with Crippen LogP contribution in [0.5, 0.6) is 0 Å². The highest BCUT2D eigenvalue weighted by Gasteiger charge is 2.57. The highest BCUT2D eigenvalue weighted by atomic mass is 16.6. The molecule has 3 fully saturated rings. The van der Waals surface area contributed by atoms with E-state index in [1.165, 1.54) is 12.8 Å². The van der Waals surface area contributed by atoms with E-state index in [2.05, 4.69) is 20.8 Å². The molecule has 1 heterocycles. The largest absolute Gasteiger partial charge is 0.481 e. The molecule has 0 aromatic heterocycles. The van der Waals surface area contributed by atoms with Gasteiger partial charge in [-0.25, -0.2) is 0 Å². The maximum absolute atomic E-state index is 11.1. The van der Waals surface area contributed by atoms with E-state index < -0.39 is 5.97 Å². The highest BCUT2D eigenvalue weighted by Crippen LogP contribution is 2.60. The highest BCUT2D eigenvalue weighted by molar-refractivity contribution is 5.67. The SMILES string of the molecule is CC1(C)C[C@@H]2[C@H](CC(=O)O)CC[C@@H]3O[C@]3(C)CC[C@H]21. The predicted octanol–water partition coefficient (Wildman–Crippen LogP) is 3.47. The van der Waals surface area contributed by atoms with Gasteiger partial charge >= 0.3 is 5.97 Å². The van der Waals surface area contributed by atoms with E-state index in [4.69, 9.17) is 9.84 Å². The van der Waals surface area contributed by atoms with E-state index in [-0.39, 0.29) is 5.60 Å². The minimum Gasteiger partial charge on any atom is -0.481 e. The third-order valence-corrected chi connectivity index (χ3v) is 6.11.